The van der Waals surface area contributed by atoms with Crippen LogP contribution in [0.15, 0.2) is 11.8 Å². The first-order chi connectivity index (χ1) is 7.45. The predicted octanol–water partition coefficient (Wildman–Crippen LogP) is 1.42. The molecule has 0 aromatic carbocycles. The number of esters is 1. The molecule has 1 saturated heterocycles. The molecule has 1 aliphatic heterocycles. The first-order valence-corrected chi connectivity index (χ1v) is 5.58. The molecule has 0 aromatic heterocycles. The Morgan fingerprint density at radius 2 is 1.88 bits per heavy atom. The largest absolute Gasteiger partial charge is 0.466 e. The van der Waals surface area contributed by atoms with Gasteiger partial charge in [0, 0.05) is 30.3 Å². The van der Waals surface area contributed by atoms with E-state index >= 15 is 0 Å². The average Bonchev–Trinajstić information content (AvgIpc) is 2.25. The van der Waals surface area contributed by atoms with Crippen LogP contribution < -0.4 is 0 Å². The summed E-state index contributed by atoms with van der Waals surface area (Å²) in [6.07, 6.45) is 1.59. The number of methoxy groups -OCH3 is 1. The van der Waals surface area contributed by atoms with Gasteiger partial charge in [0.15, 0.2) is 0 Å². The fraction of sp³-hybridized carbons (Fsp3) is 0.750. The monoisotopic (exact) mass is 227 g/mol. The zero-order chi connectivity index (χ0) is 12.2. The summed E-state index contributed by atoms with van der Waals surface area (Å²) in [5.74, 6) is -0.295. The summed E-state index contributed by atoms with van der Waals surface area (Å²) in [6, 6.07) is 0. The van der Waals surface area contributed by atoms with Crippen molar-refractivity contribution in [1.29, 1.82) is 0 Å². The average molecular weight is 227 g/mol. The molecule has 1 heterocycles. The normalized spacial score (nSPS) is 18.5. The first-order valence-electron chi connectivity index (χ1n) is 5.58. The molecule has 0 unspecified atom stereocenters. The number of nitrogens with zero attached hydrogens (tertiary/aromatic N) is 1. The quantitative estimate of drug-likeness (QED) is 0.528. The van der Waals surface area contributed by atoms with Gasteiger partial charge < -0.3 is 14.4 Å². The van der Waals surface area contributed by atoms with Crippen molar-refractivity contribution in [2.75, 3.05) is 33.4 Å². The molecule has 0 N–H and O–H groups in total. The minimum absolute atomic E-state index is 0.0640. The summed E-state index contributed by atoms with van der Waals surface area (Å²) in [7, 11) is 1.40. The lowest BCUT2D eigenvalue weighted by Gasteiger charge is -2.37. The molecule has 0 saturated carbocycles. The van der Waals surface area contributed by atoms with Crippen LogP contribution in [-0.2, 0) is 14.3 Å². The number of ether oxygens (including phenoxy) is 2. The van der Waals surface area contributed by atoms with E-state index in [1.54, 1.807) is 6.08 Å². The van der Waals surface area contributed by atoms with Gasteiger partial charge in [0.05, 0.1) is 20.3 Å². The van der Waals surface area contributed by atoms with E-state index in [-0.39, 0.29) is 11.4 Å². The van der Waals surface area contributed by atoms with Crippen LogP contribution in [0, 0.1) is 5.41 Å². The van der Waals surface area contributed by atoms with Crippen LogP contribution in [0.4, 0.5) is 0 Å². The molecular weight excluding hydrogens is 206 g/mol. The van der Waals surface area contributed by atoms with Crippen molar-refractivity contribution in [2.24, 2.45) is 5.41 Å². The maximum atomic E-state index is 11.4. The molecule has 0 spiro atoms. The van der Waals surface area contributed by atoms with Crippen LogP contribution in [0.3, 0.4) is 0 Å². The molecule has 0 bridgehead atoms. The van der Waals surface area contributed by atoms with E-state index in [1.807, 2.05) is 0 Å². The minimum atomic E-state index is -0.295. The Morgan fingerprint density at radius 3 is 2.31 bits per heavy atom. The summed E-state index contributed by atoms with van der Waals surface area (Å²) in [5, 5.41) is 0. The lowest BCUT2D eigenvalue weighted by molar-refractivity contribution is -0.135. The van der Waals surface area contributed by atoms with Crippen LogP contribution in [0.5, 0.6) is 0 Å². The van der Waals surface area contributed by atoms with Crippen LogP contribution in [0.1, 0.15) is 20.8 Å². The number of carbonyl (C=O) groups is 1. The molecule has 1 aliphatic rings. The molecule has 0 radical (unpaired) electrons. The second kappa shape index (κ2) is 5.34. The number of allylic oxidation sites excluding steroid dienone is 1. The third-order valence-electron chi connectivity index (χ3n) is 2.58. The number of carbonyl (C=O) groups excluding carboxylic acids is 1. The van der Waals surface area contributed by atoms with Crippen LogP contribution in [0.25, 0.3) is 0 Å². The van der Waals surface area contributed by atoms with Gasteiger partial charge in [-0.3, -0.25) is 0 Å². The Kier molecular flexibility index (Phi) is 4.35. The summed E-state index contributed by atoms with van der Waals surface area (Å²) >= 11 is 0. The van der Waals surface area contributed by atoms with Crippen LogP contribution in [-0.4, -0.2) is 44.3 Å². The van der Waals surface area contributed by atoms with Crippen molar-refractivity contribution in [3.63, 3.8) is 0 Å². The fourth-order valence-electron chi connectivity index (χ4n) is 1.76. The van der Waals surface area contributed by atoms with Gasteiger partial charge in [-0.2, -0.15) is 0 Å². The number of morpholine rings is 1. The van der Waals surface area contributed by atoms with Crippen LogP contribution in [0.2, 0.25) is 0 Å². The van der Waals surface area contributed by atoms with E-state index in [0.717, 1.165) is 18.8 Å². The Balaban J connectivity index is 2.86. The zero-order valence-electron chi connectivity index (χ0n) is 10.6. The van der Waals surface area contributed by atoms with E-state index in [1.165, 1.54) is 7.11 Å². The molecule has 0 atom stereocenters. The molecule has 1 fully saturated rings. The number of hydrogen-bond donors (Lipinski definition) is 0. The summed E-state index contributed by atoms with van der Waals surface area (Å²) in [4.78, 5) is 13.5. The molecule has 0 amide bonds. The first kappa shape index (κ1) is 13.0. The molecule has 0 aromatic rings. The highest BCUT2D eigenvalue weighted by Crippen LogP contribution is 2.28. The van der Waals surface area contributed by atoms with Gasteiger partial charge in [-0.1, -0.05) is 20.8 Å². The van der Waals surface area contributed by atoms with Crippen molar-refractivity contribution in [1.82, 2.24) is 4.90 Å². The van der Waals surface area contributed by atoms with E-state index in [0.29, 0.717) is 13.2 Å². The van der Waals surface area contributed by atoms with Gasteiger partial charge in [-0.15, -0.1) is 0 Å². The number of rotatable bonds is 2. The summed E-state index contributed by atoms with van der Waals surface area (Å²) < 4.78 is 10.0. The standard InChI is InChI=1S/C12H21NO3/c1-12(2,3)10(9-11(14)15-4)13-5-7-16-8-6-13/h9H,5-8H2,1-4H3. The van der Waals surface area contributed by atoms with Crippen molar-refractivity contribution in [2.45, 2.75) is 20.8 Å². The zero-order valence-corrected chi connectivity index (χ0v) is 10.6. The third-order valence-corrected chi connectivity index (χ3v) is 2.58. The lowest BCUT2D eigenvalue weighted by atomic mass is 9.90. The maximum absolute atomic E-state index is 11.4. The van der Waals surface area contributed by atoms with Crippen molar-refractivity contribution in [3.8, 4) is 0 Å². The van der Waals surface area contributed by atoms with Gasteiger partial charge in [-0.05, 0) is 0 Å². The Bertz CT molecular complexity index is 272. The topological polar surface area (TPSA) is 38.8 Å². The second-order valence-corrected chi connectivity index (χ2v) is 4.90. The van der Waals surface area contributed by atoms with Crippen LogP contribution >= 0.6 is 0 Å². The van der Waals surface area contributed by atoms with Crippen molar-refractivity contribution >= 4 is 5.97 Å². The van der Waals surface area contributed by atoms with Gasteiger partial charge in [0.25, 0.3) is 0 Å². The molecule has 16 heavy (non-hydrogen) atoms. The fourth-order valence-corrected chi connectivity index (χ4v) is 1.76. The highest BCUT2D eigenvalue weighted by atomic mass is 16.5. The van der Waals surface area contributed by atoms with E-state index in [9.17, 15) is 4.79 Å². The highest BCUT2D eigenvalue weighted by molar-refractivity contribution is 5.82. The van der Waals surface area contributed by atoms with E-state index < -0.39 is 0 Å². The van der Waals surface area contributed by atoms with Crippen molar-refractivity contribution < 1.29 is 14.3 Å². The molecule has 4 nitrogen and oxygen atoms in total. The Morgan fingerprint density at radius 1 is 1.31 bits per heavy atom. The summed E-state index contributed by atoms with van der Waals surface area (Å²) in [5.41, 5.74) is 0.952. The lowest BCUT2D eigenvalue weighted by Crippen LogP contribution is -2.39. The summed E-state index contributed by atoms with van der Waals surface area (Å²) in [6.45, 7) is 9.38. The SMILES string of the molecule is COC(=O)C=C(N1CCOCC1)C(C)(C)C. The van der Waals surface area contributed by atoms with Gasteiger partial charge in [0.2, 0.25) is 0 Å². The number of hydrogen-bond acceptors (Lipinski definition) is 4. The molecule has 1 rings (SSSR count). The van der Waals surface area contributed by atoms with E-state index in [4.69, 9.17) is 9.47 Å². The molecule has 92 valence electrons. The molecule has 0 aliphatic carbocycles. The Labute approximate surface area is 97.2 Å². The Hall–Kier alpha value is -1.03. The maximum Gasteiger partial charge on any atom is 0.332 e. The van der Waals surface area contributed by atoms with E-state index in [2.05, 4.69) is 25.7 Å². The second-order valence-electron chi connectivity index (χ2n) is 4.90. The highest BCUT2D eigenvalue weighted by Gasteiger charge is 2.25. The minimum Gasteiger partial charge on any atom is -0.466 e. The molecular formula is C12H21NO3. The van der Waals surface area contributed by atoms with Gasteiger partial charge >= 0.3 is 5.97 Å². The smallest absolute Gasteiger partial charge is 0.332 e. The van der Waals surface area contributed by atoms with Gasteiger partial charge in [0.1, 0.15) is 0 Å². The van der Waals surface area contributed by atoms with Crippen molar-refractivity contribution in [3.05, 3.63) is 11.8 Å². The van der Waals surface area contributed by atoms with Gasteiger partial charge in [-0.25, -0.2) is 4.79 Å². The molecule has 4 heteroatoms. The predicted molar refractivity (Wildman–Crippen MR) is 61.9 cm³/mol. The third kappa shape index (κ3) is 3.52.